The molecule has 2 aromatic rings. The van der Waals surface area contributed by atoms with Crippen LogP contribution < -0.4 is 5.43 Å². The first-order valence-corrected chi connectivity index (χ1v) is 5.62. The fourth-order valence-electron chi connectivity index (χ4n) is 1.73. The molecule has 5 nitrogen and oxygen atoms in total. The van der Waals surface area contributed by atoms with Crippen LogP contribution in [-0.2, 0) is 6.42 Å². The van der Waals surface area contributed by atoms with Gasteiger partial charge in [-0.2, -0.15) is 0 Å². The van der Waals surface area contributed by atoms with Crippen molar-refractivity contribution in [3.05, 3.63) is 80.0 Å². The number of hydrogen-bond donors (Lipinski definition) is 1. The molecule has 2 rings (SSSR count). The fraction of sp³-hybridized carbons (Fsp3) is 0.0714. The van der Waals surface area contributed by atoms with Gasteiger partial charge in [-0.25, -0.2) is 0 Å². The third-order valence-electron chi connectivity index (χ3n) is 2.74. The SMILES string of the molecule is O=c1ccccc(Cc2ccc([N+](=O)[O-])cc2)c1O. The molecule has 19 heavy (non-hydrogen) atoms. The Morgan fingerprint density at radius 1 is 1.05 bits per heavy atom. The molecule has 1 N–H and O–H groups in total. The van der Waals surface area contributed by atoms with Crippen molar-refractivity contribution in [1.82, 2.24) is 0 Å². The molecule has 0 unspecified atom stereocenters. The van der Waals surface area contributed by atoms with Gasteiger partial charge in [0.05, 0.1) is 4.92 Å². The zero-order valence-electron chi connectivity index (χ0n) is 9.95. The van der Waals surface area contributed by atoms with Crippen LogP contribution in [0.2, 0.25) is 0 Å². The Morgan fingerprint density at radius 3 is 2.32 bits per heavy atom. The highest BCUT2D eigenvalue weighted by atomic mass is 16.6. The molecule has 0 atom stereocenters. The second kappa shape index (κ2) is 5.30. The van der Waals surface area contributed by atoms with Crippen LogP contribution in [0.5, 0.6) is 5.75 Å². The van der Waals surface area contributed by atoms with Crippen molar-refractivity contribution in [3.63, 3.8) is 0 Å². The molecule has 0 fully saturated rings. The van der Waals surface area contributed by atoms with Gasteiger partial charge in [-0.15, -0.1) is 0 Å². The van der Waals surface area contributed by atoms with E-state index in [1.54, 1.807) is 30.3 Å². The summed E-state index contributed by atoms with van der Waals surface area (Å²) in [4.78, 5) is 21.5. The summed E-state index contributed by atoms with van der Waals surface area (Å²) in [6, 6.07) is 12.2. The minimum atomic E-state index is -0.473. The average Bonchev–Trinajstić information content (AvgIpc) is 2.55. The zero-order valence-corrected chi connectivity index (χ0v) is 9.95. The fourth-order valence-corrected chi connectivity index (χ4v) is 1.73. The number of non-ortho nitro benzene ring substituents is 1. The quantitative estimate of drug-likeness (QED) is 0.675. The molecule has 0 aliphatic heterocycles. The molecular weight excluding hydrogens is 246 g/mol. The number of aromatic hydroxyl groups is 1. The Hall–Kier alpha value is -2.69. The lowest BCUT2D eigenvalue weighted by Gasteiger charge is -2.01. The molecule has 0 aliphatic carbocycles. The number of hydrogen-bond acceptors (Lipinski definition) is 4. The van der Waals surface area contributed by atoms with E-state index in [1.165, 1.54) is 18.2 Å². The third kappa shape index (κ3) is 2.95. The molecular formula is C14H11NO4. The topological polar surface area (TPSA) is 80.4 Å². The van der Waals surface area contributed by atoms with E-state index in [2.05, 4.69) is 0 Å². The van der Waals surface area contributed by atoms with E-state index in [1.807, 2.05) is 0 Å². The Balaban J connectivity index is 2.32. The van der Waals surface area contributed by atoms with Crippen LogP contribution in [0.1, 0.15) is 11.1 Å². The summed E-state index contributed by atoms with van der Waals surface area (Å²) in [7, 11) is 0. The van der Waals surface area contributed by atoms with Gasteiger partial charge in [0.15, 0.2) is 5.75 Å². The number of rotatable bonds is 3. The van der Waals surface area contributed by atoms with Gasteiger partial charge in [-0.1, -0.05) is 30.3 Å². The first kappa shape index (κ1) is 12.8. The maximum Gasteiger partial charge on any atom is 0.269 e. The van der Waals surface area contributed by atoms with E-state index < -0.39 is 10.4 Å². The van der Waals surface area contributed by atoms with Gasteiger partial charge in [0.2, 0.25) is 5.43 Å². The predicted octanol–water partition coefficient (Wildman–Crippen LogP) is 2.25. The Labute approximate surface area is 108 Å². The van der Waals surface area contributed by atoms with Gasteiger partial charge in [-0.05, 0) is 11.6 Å². The molecule has 96 valence electrons. The van der Waals surface area contributed by atoms with Gasteiger partial charge in [0, 0.05) is 24.1 Å². The lowest BCUT2D eigenvalue weighted by atomic mass is 10.1. The van der Waals surface area contributed by atoms with Crippen LogP contribution in [0.25, 0.3) is 0 Å². The van der Waals surface area contributed by atoms with Gasteiger partial charge in [-0.3, -0.25) is 14.9 Å². The van der Waals surface area contributed by atoms with Gasteiger partial charge in [0.25, 0.3) is 5.69 Å². The van der Waals surface area contributed by atoms with E-state index in [9.17, 15) is 20.0 Å². The van der Waals surface area contributed by atoms with Crippen molar-refractivity contribution in [2.24, 2.45) is 0 Å². The van der Waals surface area contributed by atoms with Gasteiger partial charge < -0.3 is 5.11 Å². The highest BCUT2D eigenvalue weighted by molar-refractivity contribution is 5.38. The van der Waals surface area contributed by atoms with Gasteiger partial charge >= 0.3 is 0 Å². The smallest absolute Gasteiger partial charge is 0.269 e. The van der Waals surface area contributed by atoms with E-state index in [0.29, 0.717) is 12.0 Å². The van der Waals surface area contributed by atoms with Crippen molar-refractivity contribution in [2.45, 2.75) is 6.42 Å². The van der Waals surface area contributed by atoms with E-state index in [4.69, 9.17) is 0 Å². The molecule has 5 heteroatoms. The molecule has 0 spiro atoms. The number of benzene rings is 1. The summed E-state index contributed by atoms with van der Waals surface area (Å²) in [5.74, 6) is -0.289. The zero-order chi connectivity index (χ0) is 13.8. The predicted molar refractivity (Wildman–Crippen MR) is 70.3 cm³/mol. The molecule has 0 radical (unpaired) electrons. The third-order valence-corrected chi connectivity index (χ3v) is 2.74. The van der Waals surface area contributed by atoms with Gasteiger partial charge in [0.1, 0.15) is 0 Å². The van der Waals surface area contributed by atoms with E-state index >= 15 is 0 Å². The molecule has 0 aromatic heterocycles. The maximum absolute atomic E-state index is 11.4. The van der Waals surface area contributed by atoms with Crippen molar-refractivity contribution in [1.29, 1.82) is 0 Å². The van der Waals surface area contributed by atoms with Crippen LogP contribution in [0, 0.1) is 10.1 Å². The molecule has 2 aromatic carbocycles. The van der Waals surface area contributed by atoms with Crippen molar-refractivity contribution < 1.29 is 10.0 Å². The number of nitro groups is 1. The summed E-state index contributed by atoms with van der Waals surface area (Å²) in [6.45, 7) is 0. The van der Waals surface area contributed by atoms with Crippen molar-refractivity contribution in [3.8, 4) is 5.75 Å². The monoisotopic (exact) mass is 257 g/mol. The minimum absolute atomic E-state index is 0.0103. The Morgan fingerprint density at radius 2 is 1.68 bits per heavy atom. The first-order valence-electron chi connectivity index (χ1n) is 5.62. The average molecular weight is 257 g/mol. The van der Waals surface area contributed by atoms with Crippen molar-refractivity contribution in [2.75, 3.05) is 0 Å². The van der Waals surface area contributed by atoms with E-state index in [-0.39, 0.29) is 11.4 Å². The number of nitrogens with zero attached hydrogens (tertiary/aromatic N) is 1. The number of nitro benzene ring substituents is 1. The Bertz CT molecular complexity index is 665. The summed E-state index contributed by atoms with van der Waals surface area (Å²) in [5, 5.41) is 20.3. The van der Waals surface area contributed by atoms with Crippen LogP contribution >= 0.6 is 0 Å². The maximum atomic E-state index is 11.4. The Kier molecular flexibility index (Phi) is 3.56. The van der Waals surface area contributed by atoms with Crippen LogP contribution in [0.15, 0.2) is 53.3 Å². The second-order valence-electron chi connectivity index (χ2n) is 4.06. The molecule has 0 saturated carbocycles. The van der Waals surface area contributed by atoms with Crippen molar-refractivity contribution >= 4 is 5.69 Å². The standard InChI is InChI=1S/C14H11NO4/c16-13-4-2-1-3-11(14(13)17)9-10-5-7-12(8-6-10)15(18)19/h1-8H,9H2,(H,16,17). The summed E-state index contributed by atoms with van der Waals surface area (Å²) >= 11 is 0. The molecule has 0 amide bonds. The lowest BCUT2D eigenvalue weighted by molar-refractivity contribution is -0.384. The molecule has 0 saturated heterocycles. The summed E-state index contributed by atoms with van der Waals surface area (Å²) in [6.07, 6.45) is 0.341. The summed E-state index contributed by atoms with van der Waals surface area (Å²) < 4.78 is 0. The van der Waals surface area contributed by atoms with E-state index in [0.717, 1.165) is 5.56 Å². The van der Waals surface area contributed by atoms with Crippen LogP contribution in [-0.4, -0.2) is 10.0 Å². The highest BCUT2D eigenvalue weighted by Crippen LogP contribution is 2.18. The largest absolute Gasteiger partial charge is 0.504 e. The highest BCUT2D eigenvalue weighted by Gasteiger charge is 2.07. The lowest BCUT2D eigenvalue weighted by Crippen LogP contribution is -1.98. The minimum Gasteiger partial charge on any atom is -0.504 e. The normalized spacial score (nSPS) is 10.1. The summed E-state index contributed by atoms with van der Waals surface area (Å²) in [5.41, 5.74) is 0.841. The molecule has 0 bridgehead atoms. The molecule has 0 aliphatic rings. The van der Waals surface area contributed by atoms with Crippen LogP contribution in [0.4, 0.5) is 5.69 Å². The molecule has 0 heterocycles. The first-order chi connectivity index (χ1) is 9.08. The second-order valence-corrected chi connectivity index (χ2v) is 4.06. The van der Waals surface area contributed by atoms with Crippen LogP contribution in [0.3, 0.4) is 0 Å².